The van der Waals surface area contributed by atoms with Crippen LogP contribution in [0, 0.1) is 11.3 Å². The molecule has 0 saturated heterocycles. The van der Waals surface area contributed by atoms with Crippen molar-refractivity contribution >= 4 is 0 Å². The highest BCUT2D eigenvalue weighted by Crippen LogP contribution is 2.19. The van der Waals surface area contributed by atoms with Gasteiger partial charge < -0.3 is 9.47 Å². The fourth-order valence-corrected chi connectivity index (χ4v) is 1.75. The number of nitriles is 1. The Kier molecular flexibility index (Phi) is 4.96. The van der Waals surface area contributed by atoms with Gasteiger partial charge in [-0.1, -0.05) is 30.3 Å². The van der Waals surface area contributed by atoms with Crippen molar-refractivity contribution in [1.82, 2.24) is 4.98 Å². The summed E-state index contributed by atoms with van der Waals surface area (Å²) in [5.41, 5.74) is 1.91. The summed E-state index contributed by atoms with van der Waals surface area (Å²) < 4.78 is 11.1. The van der Waals surface area contributed by atoms with Crippen molar-refractivity contribution in [2.45, 2.75) is 20.0 Å². The molecule has 4 heteroatoms. The van der Waals surface area contributed by atoms with E-state index in [-0.39, 0.29) is 0 Å². The lowest BCUT2D eigenvalue weighted by Gasteiger charge is -2.09. The van der Waals surface area contributed by atoms with Crippen LogP contribution in [0.3, 0.4) is 0 Å². The summed E-state index contributed by atoms with van der Waals surface area (Å²) >= 11 is 0. The van der Waals surface area contributed by atoms with Crippen LogP contribution in [0.5, 0.6) is 11.8 Å². The summed E-state index contributed by atoms with van der Waals surface area (Å²) in [6.07, 6.45) is 0.310. The zero-order valence-electron chi connectivity index (χ0n) is 11.4. The molecule has 4 nitrogen and oxygen atoms in total. The molecule has 1 aromatic carbocycles. The van der Waals surface area contributed by atoms with Gasteiger partial charge in [-0.05, 0) is 18.1 Å². The van der Waals surface area contributed by atoms with Crippen molar-refractivity contribution in [1.29, 1.82) is 5.26 Å². The van der Waals surface area contributed by atoms with E-state index in [2.05, 4.69) is 11.1 Å². The smallest absolute Gasteiger partial charge is 0.217 e. The minimum atomic E-state index is 0.310. The van der Waals surface area contributed by atoms with Crippen LogP contribution >= 0.6 is 0 Å². The van der Waals surface area contributed by atoms with Gasteiger partial charge in [0, 0.05) is 12.1 Å². The molecule has 1 heterocycles. The lowest BCUT2D eigenvalue weighted by molar-refractivity contribution is 0.278. The second-order valence-corrected chi connectivity index (χ2v) is 4.19. The third kappa shape index (κ3) is 3.99. The van der Waals surface area contributed by atoms with Crippen molar-refractivity contribution in [2.75, 3.05) is 6.61 Å². The van der Waals surface area contributed by atoms with E-state index in [0.29, 0.717) is 31.4 Å². The van der Waals surface area contributed by atoms with Gasteiger partial charge in [-0.25, -0.2) is 0 Å². The zero-order chi connectivity index (χ0) is 14.2. The van der Waals surface area contributed by atoms with Crippen LogP contribution in [0.25, 0.3) is 0 Å². The van der Waals surface area contributed by atoms with Crippen molar-refractivity contribution < 1.29 is 9.47 Å². The Morgan fingerprint density at radius 2 is 1.75 bits per heavy atom. The number of rotatable bonds is 6. The molecule has 0 saturated carbocycles. The van der Waals surface area contributed by atoms with E-state index in [0.717, 1.165) is 11.1 Å². The molecule has 1 aromatic heterocycles. The standard InChI is InChI=1S/C16H16N2O2/c1-2-19-15-10-14(8-9-17)11-16(18-15)20-12-13-6-4-3-5-7-13/h3-7,10-11H,2,8,12H2,1H3. The van der Waals surface area contributed by atoms with Gasteiger partial charge in [-0.3, -0.25) is 0 Å². The Morgan fingerprint density at radius 3 is 2.40 bits per heavy atom. The number of hydrogen-bond donors (Lipinski definition) is 0. The van der Waals surface area contributed by atoms with E-state index < -0.39 is 0 Å². The fourth-order valence-electron chi connectivity index (χ4n) is 1.75. The van der Waals surface area contributed by atoms with Gasteiger partial charge >= 0.3 is 0 Å². The molecular formula is C16H16N2O2. The van der Waals surface area contributed by atoms with Crippen molar-refractivity contribution in [2.24, 2.45) is 0 Å². The molecule has 0 bridgehead atoms. The summed E-state index contributed by atoms with van der Waals surface area (Å²) in [6, 6.07) is 15.5. The number of pyridine rings is 1. The van der Waals surface area contributed by atoms with Crippen molar-refractivity contribution in [3.63, 3.8) is 0 Å². The predicted octanol–water partition coefficient (Wildman–Crippen LogP) is 3.13. The Hall–Kier alpha value is -2.54. The Bertz CT molecular complexity index is 591. The number of hydrogen-bond acceptors (Lipinski definition) is 4. The molecule has 0 spiro atoms. The average molecular weight is 268 g/mol. The van der Waals surface area contributed by atoms with Crippen molar-refractivity contribution in [3.8, 4) is 17.8 Å². The van der Waals surface area contributed by atoms with E-state index in [1.807, 2.05) is 37.3 Å². The number of nitrogens with zero attached hydrogens (tertiary/aromatic N) is 2. The molecule has 0 aliphatic rings. The molecule has 20 heavy (non-hydrogen) atoms. The topological polar surface area (TPSA) is 55.1 Å². The van der Waals surface area contributed by atoms with Gasteiger partial charge in [-0.2, -0.15) is 10.2 Å². The highest BCUT2D eigenvalue weighted by Gasteiger charge is 2.05. The van der Waals surface area contributed by atoms with Crippen LogP contribution in [0.1, 0.15) is 18.1 Å². The van der Waals surface area contributed by atoms with Gasteiger partial charge in [0.05, 0.1) is 19.1 Å². The molecule has 2 rings (SSSR count). The molecule has 0 fully saturated rings. The lowest BCUT2D eigenvalue weighted by atomic mass is 10.2. The summed E-state index contributed by atoms with van der Waals surface area (Å²) in [5, 5.41) is 8.79. The van der Waals surface area contributed by atoms with E-state index >= 15 is 0 Å². The first-order valence-electron chi connectivity index (χ1n) is 6.49. The molecular weight excluding hydrogens is 252 g/mol. The third-order valence-corrected chi connectivity index (χ3v) is 2.64. The van der Waals surface area contributed by atoms with Crippen LogP contribution in [0.15, 0.2) is 42.5 Å². The van der Waals surface area contributed by atoms with Crippen LogP contribution in [0.2, 0.25) is 0 Å². The van der Waals surface area contributed by atoms with Gasteiger partial charge in [-0.15, -0.1) is 0 Å². The quantitative estimate of drug-likeness (QED) is 0.807. The maximum Gasteiger partial charge on any atom is 0.217 e. The van der Waals surface area contributed by atoms with Crippen molar-refractivity contribution in [3.05, 3.63) is 53.6 Å². The largest absolute Gasteiger partial charge is 0.478 e. The van der Waals surface area contributed by atoms with E-state index in [4.69, 9.17) is 14.7 Å². The van der Waals surface area contributed by atoms with Crippen LogP contribution in [-0.4, -0.2) is 11.6 Å². The van der Waals surface area contributed by atoms with E-state index in [1.54, 1.807) is 12.1 Å². The minimum absolute atomic E-state index is 0.310. The number of ether oxygens (including phenoxy) is 2. The first-order valence-corrected chi connectivity index (χ1v) is 6.49. The fraction of sp³-hybridized carbons (Fsp3) is 0.250. The van der Waals surface area contributed by atoms with Crippen LogP contribution in [-0.2, 0) is 13.0 Å². The Labute approximate surface area is 118 Å². The minimum Gasteiger partial charge on any atom is -0.478 e. The van der Waals surface area contributed by atoms with E-state index in [9.17, 15) is 0 Å². The molecule has 0 radical (unpaired) electrons. The first-order chi connectivity index (χ1) is 9.81. The highest BCUT2D eigenvalue weighted by molar-refractivity contribution is 5.30. The summed E-state index contributed by atoms with van der Waals surface area (Å²) in [4.78, 5) is 4.27. The second kappa shape index (κ2) is 7.15. The lowest BCUT2D eigenvalue weighted by Crippen LogP contribution is -2.01. The summed E-state index contributed by atoms with van der Waals surface area (Å²) in [5.74, 6) is 0.966. The maximum atomic E-state index is 8.79. The second-order valence-electron chi connectivity index (χ2n) is 4.19. The van der Waals surface area contributed by atoms with Gasteiger partial charge in [0.2, 0.25) is 11.8 Å². The summed E-state index contributed by atoms with van der Waals surface area (Å²) in [7, 11) is 0. The number of aromatic nitrogens is 1. The molecule has 0 unspecified atom stereocenters. The van der Waals surface area contributed by atoms with Gasteiger partial charge in [0.1, 0.15) is 6.61 Å². The molecule has 102 valence electrons. The molecule has 0 aliphatic carbocycles. The summed E-state index contributed by atoms with van der Waals surface area (Å²) in [6.45, 7) is 2.86. The molecule has 0 aliphatic heterocycles. The SMILES string of the molecule is CCOc1cc(CC#N)cc(OCc2ccccc2)n1. The monoisotopic (exact) mass is 268 g/mol. The average Bonchev–Trinajstić information content (AvgIpc) is 2.47. The molecule has 0 atom stereocenters. The molecule has 0 amide bonds. The first kappa shape index (κ1) is 13.9. The van der Waals surface area contributed by atoms with Gasteiger partial charge in [0.25, 0.3) is 0 Å². The van der Waals surface area contributed by atoms with Crippen LogP contribution < -0.4 is 9.47 Å². The third-order valence-electron chi connectivity index (χ3n) is 2.64. The molecule has 2 aromatic rings. The number of benzene rings is 1. The zero-order valence-corrected chi connectivity index (χ0v) is 11.4. The maximum absolute atomic E-state index is 8.79. The highest BCUT2D eigenvalue weighted by atomic mass is 16.5. The van der Waals surface area contributed by atoms with Crippen LogP contribution in [0.4, 0.5) is 0 Å². The Balaban J connectivity index is 2.11. The Morgan fingerprint density at radius 1 is 1.05 bits per heavy atom. The predicted molar refractivity (Wildman–Crippen MR) is 75.5 cm³/mol. The molecule has 0 N–H and O–H groups in total. The van der Waals surface area contributed by atoms with E-state index in [1.165, 1.54) is 0 Å². The van der Waals surface area contributed by atoms with Gasteiger partial charge in [0.15, 0.2) is 0 Å². The normalized spacial score (nSPS) is 9.80.